The molecule has 4 aromatic rings. The van der Waals surface area contributed by atoms with Crippen LogP contribution >= 0.6 is 0 Å². The van der Waals surface area contributed by atoms with Gasteiger partial charge in [-0.3, -0.25) is 9.59 Å². The number of carboxylic acids is 1. The van der Waals surface area contributed by atoms with E-state index in [0.717, 1.165) is 10.5 Å². The van der Waals surface area contributed by atoms with Gasteiger partial charge in [0, 0.05) is 5.41 Å². The van der Waals surface area contributed by atoms with Crippen molar-refractivity contribution < 1.29 is 24.2 Å². The number of hydrogen-bond donors (Lipinski definition) is 1. The number of carbonyl (C=O) groups is 3. The standard InChI is InChI=1S/C30H23NO5/c1-30(2,20-6-4-3-5-7-20)21-9-13-23(14-10-21)36-24-15-11-22(12-16-24)31-27(32)25-17-8-19(29(34)35)18-26(25)28(31)33/h3-18H,1-2H3,(H,34,35). The van der Waals surface area contributed by atoms with Crippen molar-refractivity contribution in [2.24, 2.45) is 0 Å². The summed E-state index contributed by atoms with van der Waals surface area (Å²) < 4.78 is 5.97. The monoisotopic (exact) mass is 477 g/mol. The van der Waals surface area contributed by atoms with Gasteiger partial charge < -0.3 is 9.84 Å². The Morgan fingerprint density at radius 2 is 1.28 bits per heavy atom. The summed E-state index contributed by atoms with van der Waals surface area (Å²) in [6.07, 6.45) is 0. The molecule has 2 amide bonds. The van der Waals surface area contributed by atoms with Crippen molar-refractivity contribution in [2.45, 2.75) is 19.3 Å². The number of ether oxygens (including phenoxy) is 1. The maximum absolute atomic E-state index is 12.9. The summed E-state index contributed by atoms with van der Waals surface area (Å²) in [6, 6.07) is 28.8. The molecule has 0 saturated carbocycles. The zero-order chi connectivity index (χ0) is 25.4. The number of anilines is 1. The molecule has 0 aliphatic carbocycles. The quantitative estimate of drug-likeness (QED) is 0.329. The highest BCUT2D eigenvalue weighted by Crippen LogP contribution is 2.34. The predicted molar refractivity (Wildman–Crippen MR) is 136 cm³/mol. The Bertz CT molecular complexity index is 1470. The number of imide groups is 1. The third-order valence-corrected chi connectivity index (χ3v) is 6.54. The Morgan fingerprint density at radius 3 is 1.89 bits per heavy atom. The van der Waals surface area contributed by atoms with E-state index in [1.807, 2.05) is 42.5 Å². The number of fused-ring (bicyclic) bond motifs is 1. The van der Waals surface area contributed by atoms with Gasteiger partial charge in [-0.05, 0) is 65.7 Å². The number of amides is 2. The molecule has 0 aromatic heterocycles. The predicted octanol–water partition coefficient (Wildman–Crippen LogP) is 6.30. The van der Waals surface area contributed by atoms with Gasteiger partial charge >= 0.3 is 5.97 Å². The third kappa shape index (κ3) is 4.03. The van der Waals surface area contributed by atoms with Gasteiger partial charge in [0.25, 0.3) is 11.8 Å². The Hall–Kier alpha value is -4.71. The number of carbonyl (C=O) groups excluding carboxylic acids is 2. The van der Waals surface area contributed by atoms with Crippen LogP contribution in [0.3, 0.4) is 0 Å². The third-order valence-electron chi connectivity index (χ3n) is 6.54. The number of hydrogen-bond acceptors (Lipinski definition) is 4. The largest absolute Gasteiger partial charge is 0.478 e. The molecule has 0 bridgehead atoms. The van der Waals surface area contributed by atoms with Gasteiger partial charge in [-0.1, -0.05) is 56.3 Å². The van der Waals surface area contributed by atoms with E-state index in [-0.39, 0.29) is 22.1 Å². The van der Waals surface area contributed by atoms with E-state index in [0.29, 0.717) is 17.2 Å². The fourth-order valence-electron chi connectivity index (χ4n) is 4.37. The summed E-state index contributed by atoms with van der Waals surface area (Å²) >= 11 is 0. The molecule has 6 heteroatoms. The van der Waals surface area contributed by atoms with Crippen LogP contribution in [0.5, 0.6) is 11.5 Å². The Kier molecular flexibility index (Phi) is 5.65. The smallest absolute Gasteiger partial charge is 0.335 e. The molecule has 0 saturated heterocycles. The highest BCUT2D eigenvalue weighted by atomic mass is 16.5. The number of nitrogens with zero attached hydrogens (tertiary/aromatic N) is 1. The van der Waals surface area contributed by atoms with Crippen LogP contribution in [0.2, 0.25) is 0 Å². The molecule has 4 aromatic carbocycles. The van der Waals surface area contributed by atoms with E-state index >= 15 is 0 Å². The Morgan fingerprint density at radius 1 is 0.722 bits per heavy atom. The molecular weight excluding hydrogens is 454 g/mol. The minimum Gasteiger partial charge on any atom is -0.478 e. The lowest BCUT2D eigenvalue weighted by molar-refractivity contribution is 0.0696. The molecule has 178 valence electrons. The lowest BCUT2D eigenvalue weighted by atomic mass is 9.78. The summed E-state index contributed by atoms with van der Waals surface area (Å²) in [7, 11) is 0. The zero-order valence-corrected chi connectivity index (χ0v) is 19.8. The van der Waals surface area contributed by atoms with Gasteiger partial charge in [-0.15, -0.1) is 0 Å². The van der Waals surface area contributed by atoms with E-state index in [2.05, 4.69) is 26.0 Å². The topological polar surface area (TPSA) is 83.9 Å². The van der Waals surface area contributed by atoms with Crippen molar-refractivity contribution in [3.05, 3.63) is 125 Å². The van der Waals surface area contributed by atoms with Crippen molar-refractivity contribution in [1.82, 2.24) is 0 Å². The van der Waals surface area contributed by atoms with Gasteiger partial charge in [0.15, 0.2) is 0 Å². The van der Waals surface area contributed by atoms with Gasteiger partial charge in [-0.2, -0.15) is 0 Å². The van der Waals surface area contributed by atoms with Crippen molar-refractivity contribution in [3.8, 4) is 11.5 Å². The first-order valence-electron chi connectivity index (χ1n) is 11.5. The molecule has 1 N–H and O–H groups in total. The first kappa shape index (κ1) is 23.1. The summed E-state index contributed by atoms with van der Waals surface area (Å²) in [5.41, 5.74) is 2.83. The average Bonchev–Trinajstić information content (AvgIpc) is 3.14. The van der Waals surface area contributed by atoms with Crippen LogP contribution in [0.4, 0.5) is 5.69 Å². The van der Waals surface area contributed by atoms with Crippen molar-refractivity contribution in [3.63, 3.8) is 0 Å². The number of aromatic carboxylic acids is 1. The Balaban J connectivity index is 1.32. The summed E-state index contributed by atoms with van der Waals surface area (Å²) in [4.78, 5) is 37.9. The van der Waals surface area contributed by atoms with Crippen molar-refractivity contribution in [1.29, 1.82) is 0 Å². The van der Waals surface area contributed by atoms with Gasteiger partial charge in [0.1, 0.15) is 11.5 Å². The second kappa shape index (κ2) is 8.82. The van der Waals surface area contributed by atoms with Gasteiger partial charge in [0.2, 0.25) is 0 Å². The molecule has 1 aliphatic rings. The Labute approximate surface area is 208 Å². The molecular formula is C30H23NO5. The van der Waals surface area contributed by atoms with E-state index < -0.39 is 17.8 Å². The molecule has 6 nitrogen and oxygen atoms in total. The molecule has 0 unspecified atom stereocenters. The van der Waals surface area contributed by atoms with Gasteiger partial charge in [0.05, 0.1) is 22.4 Å². The second-order valence-electron chi connectivity index (χ2n) is 9.12. The molecule has 0 fully saturated rings. The summed E-state index contributed by atoms with van der Waals surface area (Å²) in [6.45, 7) is 4.36. The molecule has 1 heterocycles. The van der Waals surface area contributed by atoms with Gasteiger partial charge in [-0.25, -0.2) is 9.69 Å². The maximum atomic E-state index is 12.9. The molecule has 1 aliphatic heterocycles. The van der Waals surface area contributed by atoms with Crippen LogP contribution < -0.4 is 9.64 Å². The van der Waals surface area contributed by atoms with E-state index in [1.165, 1.54) is 23.8 Å². The molecule has 0 atom stereocenters. The SMILES string of the molecule is CC(C)(c1ccccc1)c1ccc(Oc2ccc(N3C(=O)c4ccc(C(=O)O)cc4C3=O)cc2)cc1. The first-order chi connectivity index (χ1) is 17.3. The zero-order valence-electron chi connectivity index (χ0n) is 19.8. The molecule has 5 rings (SSSR count). The van der Waals surface area contributed by atoms with Crippen molar-refractivity contribution >= 4 is 23.5 Å². The lowest BCUT2D eigenvalue weighted by Gasteiger charge is -2.26. The van der Waals surface area contributed by atoms with E-state index in [4.69, 9.17) is 4.74 Å². The molecule has 0 spiro atoms. The van der Waals surface area contributed by atoms with Crippen molar-refractivity contribution in [2.75, 3.05) is 4.90 Å². The number of carboxylic acid groups (broad SMARTS) is 1. The second-order valence-corrected chi connectivity index (χ2v) is 9.12. The maximum Gasteiger partial charge on any atom is 0.335 e. The first-order valence-corrected chi connectivity index (χ1v) is 11.5. The normalized spacial score (nSPS) is 13.0. The molecule has 0 radical (unpaired) electrons. The fourth-order valence-corrected chi connectivity index (χ4v) is 4.37. The summed E-state index contributed by atoms with van der Waals surface area (Å²) in [5, 5.41) is 9.19. The number of rotatable bonds is 6. The van der Waals surface area contributed by atoms with Crippen LogP contribution in [0.15, 0.2) is 97.1 Å². The van der Waals surface area contributed by atoms with Crippen LogP contribution in [-0.4, -0.2) is 22.9 Å². The number of benzene rings is 4. The van der Waals surface area contributed by atoms with Crippen LogP contribution in [-0.2, 0) is 5.41 Å². The minimum absolute atomic E-state index is 0.0429. The highest BCUT2D eigenvalue weighted by Gasteiger charge is 2.37. The van der Waals surface area contributed by atoms with E-state index in [1.54, 1.807) is 24.3 Å². The summed E-state index contributed by atoms with van der Waals surface area (Å²) in [5.74, 6) is -0.980. The van der Waals surface area contributed by atoms with Crippen LogP contribution in [0, 0.1) is 0 Å². The van der Waals surface area contributed by atoms with E-state index in [9.17, 15) is 19.5 Å². The fraction of sp³-hybridized carbons (Fsp3) is 0.100. The molecule has 36 heavy (non-hydrogen) atoms. The average molecular weight is 478 g/mol. The minimum atomic E-state index is -1.16. The lowest BCUT2D eigenvalue weighted by Crippen LogP contribution is -2.29. The highest BCUT2D eigenvalue weighted by molar-refractivity contribution is 6.34. The van der Waals surface area contributed by atoms with Crippen LogP contribution in [0.25, 0.3) is 0 Å². The van der Waals surface area contributed by atoms with Crippen LogP contribution in [0.1, 0.15) is 56.0 Å².